The minimum Gasteiger partial charge on any atom is -0.507 e. The van der Waals surface area contributed by atoms with Crippen LogP contribution in [0.1, 0.15) is 29.5 Å². The molecule has 3 nitrogen and oxygen atoms in total. The average molecular weight is 395 g/mol. The molecule has 0 saturated heterocycles. The number of carbonyl (C=O) groups is 1. The lowest BCUT2D eigenvalue weighted by Gasteiger charge is -2.30. The van der Waals surface area contributed by atoms with Gasteiger partial charge in [-0.15, -0.1) is 0 Å². The number of ether oxygens (including phenoxy) is 1. The van der Waals surface area contributed by atoms with Gasteiger partial charge in [-0.3, -0.25) is 4.79 Å². The summed E-state index contributed by atoms with van der Waals surface area (Å²) < 4.78 is 19.3. The van der Waals surface area contributed by atoms with Gasteiger partial charge in [-0.1, -0.05) is 29.8 Å². The Morgan fingerprint density at radius 2 is 1.68 bits per heavy atom. The number of allylic oxidation sites excluding steroid dienone is 1. The summed E-state index contributed by atoms with van der Waals surface area (Å²) in [7, 11) is 0. The van der Waals surface area contributed by atoms with Crippen molar-refractivity contribution >= 4 is 23.1 Å². The Balaban J connectivity index is 1.99. The normalized spacial score (nSPS) is 15.8. The SMILES string of the molecule is CC(=O)C(=C(O)c1ccc(F)cc1)[C@H]1c2ccccc2Oc2ccc(Cl)cc21. The first-order valence-corrected chi connectivity index (χ1v) is 9.09. The van der Waals surface area contributed by atoms with E-state index < -0.39 is 11.7 Å². The van der Waals surface area contributed by atoms with Gasteiger partial charge in [-0.05, 0) is 55.5 Å². The van der Waals surface area contributed by atoms with Crippen molar-refractivity contribution in [2.75, 3.05) is 0 Å². The third kappa shape index (κ3) is 3.16. The first-order chi connectivity index (χ1) is 13.5. The van der Waals surface area contributed by atoms with Crippen LogP contribution in [0.3, 0.4) is 0 Å². The minimum absolute atomic E-state index is 0.194. The van der Waals surface area contributed by atoms with Crippen molar-refractivity contribution in [1.82, 2.24) is 0 Å². The maximum absolute atomic E-state index is 13.3. The van der Waals surface area contributed by atoms with E-state index in [0.29, 0.717) is 27.6 Å². The number of Topliss-reactive ketones (excluding diaryl/α,β-unsaturated/α-hetero) is 1. The van der Waals surface area contributed by atoms with Crippen LogP contribution in [0.15, 0.2) is 72.3 Å². The maximum atomic E-state index is 13.3. The molecule has 3 aromatic rings. The zero-order valence-corrected chi connectivity index (χ0v) is 15.7. The highest BCUT2D eigenvalue weighted by molar-refractivity contribution is 6.30. The molecule has 28 heavy (non-hydrogen) atoms. The van der Waals surface area contributed by atoms with Crippen molar-refractivity contribution in [3.63, 3.8) is 0 Å². The summed E-state index contributed by atoms with van der Waals surface area (Å²) in [4.78, 5) is 12.7. The molecule has 4 rings (SSSR count). The summed E-state index contributed by atoms with van der Waals surface area (Å²) >= 11 is 6.21. The largest absolute Gasteiger partial charge is 0.507 e. The smallest absolute Gasteiger partial charge is 0.160 e. The fourth-order valence-corrected chi connectivity index (χ4v) is 3.70. The molecule has 3 aromatic carbocycles. The van der Waals surface area contributed by atoms with Crippen molar-refractivity contribution in [3.8, 4) is 11.5 Å². The van der Waals surface area contributed by atoms with E-state index >= 15 is 0 Å². The lowest BCUT2D eigenvalue weighted by Crippen LogP contribution is -2.18. The van der Waals surface area contributed by atoms with Crippen LogP contribution >= 0.6 is 11.6 Å². The van der Waals surface area contributed by atoms with Crippen LogP contribution < -0.4 is 4.74 Å². The van der Waals surface area contributed by atoms with Crippen LogP contribution in [-0.4, -0.2) is 10.9 Å². The predicted octanol–water partition coefficient (Wildman–Crippen LogP) is 6.28. The Bertz CT molecular complexity index is 1100. The van der Waals surface area contributed by atoms with Gasteiger partial charge in [-0.2, -0.15) is 0 Å². The van der Waals surface area contributed by atoms with Crippen LogP contribution in [-0.2, 0) is 4.79 Å². The van der Waals surface area contributed by atoms with Gasteiger partial charge in [0.1, 0.15) is 23.1 Å². The molecule has 0 radical (unpaired) electrons. The lowest BCUT2D eigenvalue weighted by atomic mass is 9.79. The van der Waals surface area contributed by atoms with Gasteiger partial charge in [0.15, 0.2) is 5.78 Å². The standard InChI is InChI=1S/C23H16ClFO3/c1-13(26)21(23(27)14-6-9-16(25)10-7-14)22-17-4-2-3-5-19(17)28-20-11-8-15(24)12-18(20)22/h2-12,22,27H,1H3/t22-/m0/s1. The van der Waals surface area contributed by atoms with Gasteiger partial charge >= 0.3 is 0 Å². The Labute approximate surface area is 166 Å². The van der Waals surface area contributed by atoms with Gasteiger partial charge in [-0.25, -0.2) is 4.39 Å². The van der Waals surface area contributed by atoms with Gasteiger partial charge in [0, 0.05) is 33.2 Å². The molecule has 140 valence electrons. The number of carbonyl (C=O) groups excluding carboxylic acids is 1. The van der Waals surface area contributed by atoms with E-state index in [1.54, 1.807) is 18.2 Å². The van der Waals surface area contributed by atoms with Crippen molar-refractivity contribution in [2.45, 2.75) is 12.8 Å². The molecule has 1 N–H and O–H groups in total. The Kier molecular flexibility index (Phi) is 4.65. The Morgan fingerprint density at radius 3 is 2.39 bits per heavy atom. The third-order valence-electron chi connectivity index (χ3n) is 4.77. The van der Waals surface area contributed by atoms with Crippen LogP contribution in [0, 0.1) is 5.82 Å². The number of benzene rings is 3. The van der Waals surface area contributed by atoms with E-state index in [1.165, 1.54) is 31.2 Å². The molecular formula is C23H16ClFO3. The highest BCUT2D eigenvalue weighted by Crippen LogP contribution is 2.49. The third-order valence-corrected chi connectivity index (χ3v) is 5.01. The van der Waals surface area contributed by atoms with Crippen LogP contribution in [0.25, 0.3) is 5.76 Å². The number of aliphatic hydroxyl groups excluding tert-OH is 1. The second kappa shape index (κ2) is 7.13. The summed E-state index contributed by atoms with van der Waals surface area (Å²) in [6, 6.07) is 17.9. The zero-order chi connectivity index (χ0) is 19.8. The molecule has 0 aromatic heterocycles. The van der Waals surface area contributed by atoms with E-state index in [-0.39, 0.29) is 17.1 Å². The average Bonchev–Trinajstić information content (AvgIpc) is 2.68. The van der Waals surface area contributed by atoms with Crippen LogP contribution in [0.5, 0.6) is 11.5 Å². The van der Waals surface area contributed by atoms with Crippen LogP contribution in [0.4, 0.5) is 4.39 Å². The second-order valence-corrected chi connectivity index (χ2v) is 7.02. The highest BCUT2D eigenvalue weighted by Gasteiger charge is 2.34. The topological polar surface area (TPSA) is 46.5 Å². The quantitative estimate of drug-likeness (QED) is 0.420. The number of fused-ring (bicyclic) bond motifs is 2. The number of ketones is 1. The molecule has 0 unspecified atom stereocenters. The van der Waals surface area contributed by atoms with E-state index in [2.05, 4.69) is 0 Å². The van der Waals surface area contributed by atoms with Crippen molar-refractivity contribution < 1.29 is 19.0 Å². The van der Waals surface area contributed by atoms with E-state index in [9.17, 15) is 14.3 Å². The van der Waals surface area contributed by atoms with E-state index in [1.807, 2.05) is 24.3 Å². The second-order valence-electron chi connectivity index (χ2n) is 6.58. The number of hydrogen-bond donors (Lipinski definition) is 1. The molecule has 1 heterocycles. The molecule has 1 aliphatic heterocycles. The molecule has 0 saturated carbocycles. The lowest BCUT2D eigenvalue weighted by molar-refractivity contribution is -0.113. The summed E-state index contributed by atoms with van der Waals surface area (Å²) in [6.45, 7) is 1.40. The number of rotatable bonds is 3. The summed E-state index contributed by atoms with van der Waals surface area (Å²) in [5.41, 5.74) is 1.99. The summed E-state index contributed by atoms with van der Waals surface area (Å²) in [5, 5.41) is 11.5. The molecule has 0 aliphatic carbocycles. The molecule has 0 bridgehead atoms. The van der Waals surface area contributed by atoms with Crippen LogP contribution in [0.2, 0.25) is 5.02 Å². The molecule has 0 amide bonds. The van der Waals surface area contributed by atoms with Crippen molar-refractivity contribution in [2.24, 2.45) is 0 Å². The first-order valence-electron chi connectivity index (χ1n) is 8.72. The Morgan fingerprint density at radius 1 is 1.00 bits per heavy atom. The van der Waals surface area contributed by atoms with Crippen molar-refractivity contribution in [3.05, 3.63) is 99.8 Å². The molecule has 0 fully saturated rings. The molecule has 1 atom stereocenters. The van der Waals surface area contributed by atoms with E-state index in [0.717, 1.165) is 5.56 Å². The van der Waals surface area contributed by atoms with Gasteiger partial charge in [0.25, 0.3) is 0 Å². The Hall–Kier alpha value is -3.11. The summed E-state index contributed by atoms with van der Waals surface area (Å²) in [6.07, 6.45) is 0. The first kappa shape index (κ1) is 18.3. The fourth-order valence-electron chi connectivity index (χ4n) is 3.52. The number of hydrogen-bond acceptors (Lipinski definition) is 3. The predicted molar refractivity (Wildman–Crippen MR) is 106 cm³/mol. The fraction of sp³-hybridized carbons (Fsp3) is 0.0870. The van der Waals surface area contributed by atoms with Gasteiger partial charge < -0.3 is 9.84 Å². The summed E-state index contributed by atoms with van der Waals surface area (Å²) in [5.74, 6) is -0.308. The molecule has 0 spiro atoms. The number of para-hydroxylation sites is 1. The van der Waals surface area contributed by atoms with Crippen molar-refractivity contribution in [1.29, 1.82) is 0 Å². The molecule has 5 heteroatoms. The highest BCUT2D eigenvalue weighted by atomic mass is 35.5. The van der Waals surface area contributed by atoms with E-state index in [4.69, 9.17) is 16.3 Å². The zero-order valence-electron chi connectivity index (χ0n) is 14.9. The van der Waals surface area contributed by atoms with Gasteiger partial charge in [0.2, 0.25) is 0 Å². The maximum Gasteiger partial charge on any atom is 0.160 e. The van der Waals surface area contributed by atoms with Gasteiger partial charge in [0.05, 0.1) is 0 Å². The number of halogens is 2. The minimum atomic E-state index is -0.568. The number of aliphatic hydroxyl groups is 1. The monoisotopic (exact) mass is 394 g/mol. The molecular weight excluding hydrogens is 379 g/mol. The molecule has 1 aliphatic rings.